The van der Waals surface area contributed by atoms with E-state index in [1.165, 1.54) is 120 Å². The van der Waals surface area contributed by atoms with Crippen LogP contribution >= 0.6 is 0 Å². The van der Waals surface area contributed by atoms with Crippen LogP contribution in [0.2, 0.25) is 0 Å². The van der Waals surface area contributed by atoms with Gasteiger partial charge in [-0.2, -0.15) is 10.5 Å². The molecule has 1 fully saturated rings. The number of pyridine rings is 1. The van der Waals surface area contributed by atoms with Crippen LogP contribution in [0.4, 0.5) is 0 Å². The van der Waals surface area contributed by atoms with E-state index in [0.717, 1.165) is 0 Å². The minimum Gasteiger partial charge on any atom is -0.324 e. The van der Waals surface area contributed by atoms with Crippen LogP contribution < -0.4 is 5.32 Å². The first-order chi connectivity index (χ1) is 14.7. The quantitative estimate of drug-likeness (QED) is 0.192. The second kappa shape index (κ2) is 21.6. The van der Waals surface area contributed by atoms with Crippen LogP contribution in [0, 0.1) is 22.9 Å². The molecule has 1 aliphatic heterocycles. The molecule has 0 saturated carbocycles. The first-order valence-corrected chi connectivity index (χ1v) is 12.0. The van der Waals surface area contributed by atoms with Crippen molar-refractivity contribution in [1.29, 1.82) is 10.5 Å². The molecular weight excluding hydrogens is 370 g/mol. The number of nitrogens with one attached hydrogen (secondary N) is 1. The topological polar surface area (TPSA) is 72.5 Å². The minimum atomic E-state index is 1.37. The third-order valence-electron chi connectivity index (χ3n) is 5.85. The average Bonchev–Trinajstić information content (AvgIpc) is 3.27. The van der Waals surface area contributed by atoms with Gasteiger partial charge in [0.05, 0.1) is 26.2 Å². The summed E-state index contributed by atoms with van der Waals surface area (Å²) in [7, 11) is 0. The highest BCUT2D eigenvalue weighted by molar-refractivity contribution is 4.88. The van der Waals surface area contributed by atoms with Crippen molar-refractivity contribution in [1.82, 2.24) is 10.3 Å². The van der Waals surface area contributed by atoms with Gasteiger partial charge in [-0.25, -0.2) is 5.32 Å². The van der Waals surface area contributed by atoms with E-state index in [1.807, 2.05) is 18.2 Å². The molecule has 1 aliphatic rings. The molecule has 5 nitrogen and oxygen atoms in total. The highest BCUT2D eigenvalue weighted by Crippen LogP contribution is 2.20. The van der Waals surface area contributed by atoms with Gasteiger partial charge in [0.2, 0.25) is 0 Å². The van der Waals surface area contributed by atoms with E-state index in [4.69, 9.17) is 10.5 Å². The zero-order valence-corrected chi connectivity index (χ0v) is 19.5. The van der Waals surface area contributed by atoms with Gasteiger partial charge in [0.15, 0.2) is 12.4 Å². The fourth-order valence-corrected chi connectivity index (χ4v) is 3.98. The van der Waals surface area contributed by atoms with Gasteiger partial charge in [0, 0.05) is 25.2 Å². The molecule has 0 spiro atoms. The van der Waals surface area contributed by atoms with Crippen LogP contribution in [0.3, 0.4) is 0 Å². The summed E-state index contributed by atoms with van der Waals surface area (Å²) in [6, 6.07) is 5.72. The molecule has 2 heterocycles. The Morgan fingerprint density at radius 2 is 1.27 bits per heavy atom. The van der Waals surface area contributed by atoms with Crippen molar-refractivity contribution in [2.24, 2.45) is 0 Å². The van der Waals surface area contributed by atoms with Gasteiger partial charge in [-0.05, 0) is 31.9 Å². The van der Waals surface area contributed by atoms with Crippen molar-refractivity contribution in [3.8, 4) is 12.4 Å². The number of nitriles is 2. The summed E-state index contributed by atoms with van der Waals surface area (Å²) in [6.07, 6.45) is 23.9. The van der Waals surface area contributed by atoms with E-state index < -0.39 is 0 Å². The molecule has 2 rings (SSSR count). The molecule has 0 bridgehead atoms. The van der Waals surface area contributed by atoms with Gasteiger partial charge >= 0.3 is 0 Å². The maximum Gasteiger partial charge on any atom is 0.190 e. The summed E-state index contributed by atoms with van der Waals surface area (Å²) in [5.74, 6) is 0. The van der Waals surface area contributed by atoms with Crippen molar-refractivity contribution < 1.29 is 4.48 Å². The van der Waals surface area contributed by atoms with Gasteiger partial charge < -0.3 is 4.48 Å². The lowest BCUT2D eigenvalue weighted by molar-refractivity contribution is -0.915. The molecule has 0 unspecified atom stereocenters. The number of aromatic nitrogens is 1. The Kier molecular flexibility index (Phi) is 20.1. The van der Waals surface area contributed by atoms with Gasteiger partial charge in [-0.3, -0.25) is 4.98 Å². The fraction of sp³-hybridized carbons (Fsp3) is 0.720. The van der Waals surface area contributed by atoms with E-state index in [-0.39, 0.29) is 0 Å². The van der Waals surface area contributed by atoms with E-state index in [2.05, 4.69) is 18.8 Å². The standard InChI is InChI=1S/C18H38N.C5H5N.C2HN3/c1-3-5-6-7-8-9-10-11-12-13-16-19(4-2)17-14-15-18-19;1-2-4-6-5-3-1;3-1-5-2-4/h3-18H2,1-2H3;1-5H;5H/q+1;;. The number of nitrogens with zero attached hydrogens (tertiary/aromatic N) is 4. The number of unbranched alkanes of at least 4 members (excludes halogenated alkanes) is 9. The molecule has 0 radical (unpaired) electrons. The lowest BCUT2D eigenvalue weighted by Crippen LogP contribution is -2.45. The Bertz CT molecular complexity index is 502. The minimum absolute atomic E-state index is 1.37. The molecule has 0 aromatic carbocycles. The number of rotatable bonds is 12. The van der Waals surface area contributed by atoms with Gasteiger partial charge in [-0.1, -0.05) is 64.4 Å². The van der Waals surface area contributed by atoms with E-state index in [1.54, 1.807) is 17.7 Å². The molecule has 168 valence electrons. The number of hydrogen-bond donors (Lipinski definition) is 1. The summed E-state index contributed by atoms with van der Waals surface area (Å²) in [5, 5.41) is 16.7. The molecule has 1 N–H and O–H groups in total. The fourth-order valence-electron chi connectivity index (χ4n) is 3.98. The maximum absolute atomic E-state index is 7.48. The number of hydrogen-bond acceptors (Lipinski definition) is 4. The Morgan fingerprint density at radius 1 is 0.767 bits per heavy atom. The molecule has 1 saturated heterocycles. The number of quaternary nitrogens is 1. The van der Waals surface area contributed by atoms with Crippen LogP contribution in [0.5, 0.6) is 0 Å². The zero-order valence-electron chi connectivity index (χ0n) is 19.5. The third kappa shape index (κ3) is 16.8. The normalized spacial score (nSPS) is 13.6. The summed E-state index contributed by atoms with van der Waals surface area (Å²) in [5.41, 5.74) is 0. The van der Waals surface area contributed by atoms with E-state index in [0.29, 0.717) is 0 Å². The highest BCUT2D eigenvalue weighted by Gasteiger charge is 2.28. The molecular formula is C25H44N5+. The Hall–Kier alpha value is -2.11. The van der Waals surface area contributed by atoms with Crippen molar-refractivity contribution in [3.05, 3.63) is 30.6 Å². The molecule has 0 amide bonds. The second-order valence-corrected chi connectivity index (χ2v) is 8.09. The van der Waals surface area contributed by atoms with Gasteiger partial charge in [0.1, 0.15) is 0 Å². The van der Waals surface area contributed by atoms with E-state index >= 15 is 0 Å². The Morgan fingerprint density at radius 3 is 1.60 bits per heavy atom. The maximum atomic E-state index is 7.48. The Balaban J connectivity index is 0.000000620. The summed E-state index contributed by atoms with van der Waals surface area (Å²) in [6.45, 7) is 10.5. The molecule has 0 atom stereocenters. The monoisotopic (exact) mass is 414 g/mol. The van der Waals surface area contributed by atoms with Crippen LogP contribution in [-0.4, -0.2) is 35.6 Å². The van der Waals surface area contributed by atoms with Gasteiger partial charge in [-0.15, -0.1) is 0 Å². The van der Waals surface area contributed by atoms with Crippen molar-refractivity contribution >= 4 is 0 Å². The first kappa shape index (κ1) is 27.9. The third-order valence-corrected chi connectivity index (χ3v) is 5.85. The van der Waals surface area contributed by atoms with Crippen LogP contribution in [-0.2, 0) is 0 Å². The van der Waals surface area contributed by atoms with Crippen molar-refractivity contribution in [2.75, 3.05) is 26.2 Å². The zero-order chi connectivity index (χ0) is 22.2. The lowest BCUT2D eigenvalue weighted by Gasteiger charge is -2.33. The summed E-state index contributed by atoms with van der Waals surface area (Å²) in [4.78, 5) is 3.78. The smallest absolute Gasteiger partial charge is 0.190 e. The van der Waals surface area contributed by atoms with Crippen LogP contribution in [0.25, 0.3) is 0 Å². The number of likely N-dealkylation sites (tertiary alicyclic amines) is 1. The summed E-state index contributed by atoms with van der Waals surface area (Å²) < 4.78 is 1.44. The average molecular weight is 415 g/mol. The second-order valence-electron chi connectivity index (χ2n) is 8.09. The Labute approximate surface area is 185 Å². The molecule has 30 heavy (non-hydrogen) atoms. The van der Waals surface area contributed by atoms with Crippen LogP contribution in [0.15, 0.2) is 30.6 Å². The molecule has 0 aliphatic carbocycles. The SMILES string of the molecule is CCCCCCCCCCCC[N+]1(CC)CCCC1.N#CNC#N.c1ccncc1. The largest absolute Gasteiger partial charge is 0.324 e. The summed E-state index contributed by atoms with van der Waals surface area (Å²) >= 11 is 0. The van der Waals surface area contributed by atoms with Crippen molar-refractivity contribution in [2.45, 2.75) is 90.9 Å². The molecule has 5 heteroatoms. The van der Waals surface area contributed by atoms with Gasteiger partial charge in [0.25, 0.3) is 0 Å². The van der Waals surface area contributed by atoms with E-state index in [9.17, 15) is 0 Å². The van der Waals surface area contributed by atoms with Crippen LogP contribution in [0.1, 0.15) is 90.9 Å². The first-order valence-electron chi connectivity index (χ1n) is 12.0. The predicted molar refractivity (Wildman–Crippen MR) is 125 cm³/mol. The predicted octanol–water partition coefficient (Wildman–Crippen LogP) is 6.16. The molecule has 1 aromatic heterocycles. The molecule has 1 aromatic rings. The lowest BCUT2D eigenvalue weighted by atomic mass is 10.1. The highest BCUT2D eigenvalue weighted by atomic mass is 15.4. The van der Waals surface area contributed by atoms with Crippen molar-refractivity contribution in [3.63, 3.8) is 0 Å².